The number of nitrogens with zero attached hydrogens (tertiary/aromatic N) is 3. The number of anilines is 1. The van der Waals surface area contributed by atoms with Crippen LogP contribution >= 0.6 is 22.9 Å². The monoisotopic (exact) mass is 440 g/mol. The molecule has 1 N–H and O–H groups in total. The number of halogens is 1. The zero-order valence-electron chi connectivity index (χ0n) is 16.0. The van der Waals surface area contributed by atoms with E-state index in [1.807, 2.05) is 25.1 Å². The maximum absolute atomic E-state index is 12.5. The van der Waals surface area contributed by atoms with Gasteiger partial charge in [-0.1, -0.05) is 52.8 Å². The molecule has 0 unspecified atom stereocenters. The van der Waals surface area contributed by atoms with E-state index in [0.29, 0.717) is 32.7 Å². The molecule has 0 saturated carbocycles. The molecule has 152 valence electrons. The van der Waals surface area contributed by atoms with Crippen molar-refractivity contribution < 1.29 is 14.4 Å². The Kier molecular flexibility index (Phi) is 5.61. The summed E-state index contributed by atoms with van der Waals surface area (Å²) >= 11 is 7.39. The molecule has 2 heterocycles. The molecule has 2 aromatic carbocycles. The predicted molar refractivity (Wildman–Crippen MR) is 115 cm³/mol. The van der Waals surface area contributed by atoms with Gasteiger partial charge in [0.15, 0.2) is 5.01 Å². The molecular weight excluding hydrogens is 424 g/mol. The molecule has 1 aromatic heterocycles. The first-order valence-corrected chi connectivity index (χ1v) is 10.5. The molecule has 1 aliphatic heterocycles. The summed E-state index contributed by atoms with van der Waals surface area (Å²) in [6.07, 6.45) is 0.500. The molecule has 0 fully saturated rings. The van der Waals surface area contributed by atoms with E-state index in [2.05, 4.69) is 15.5 Å². The van der Waals surface area contributed by atoms with E-state index in [1.165, 1.54) is 16.2 Å². The van der Waals surface area contributed by atoms with Crippen LogP contribution in [-0.2, 0) is 4.79 Å². The number of carbonyl (C=O) groups excluding carboxylic acids is 3. The minimum Gasteiger partial charge on any atom is -0.301 e. The first kappa shape index (κ1) is 20.2. The van der Waals surface area contributed by atoms with Crippen LogP contribution in [0.4, 0.5) is 5.13 Å². The summed E-state index contributed by atoms with van der Waals surface area (Å²) in [7, 11) is 0. The van der Waals surface area contributed by atoms with E-state index < -0.39 is 0 Å². The van der Waals surface area contributed by atoms with Crippen LogP contribution in [0, 0.1) is 6.92 Å². The minimum atomic E-state index is -0.316. The van der Waals surface area contributed by atoms with Gasteiger partial charge >= 0.3 is 0 Å². The number of hydrogen-bond acceptors (Lipinski definition) is 6. The van der Waals surface area contributed by atoms with Crippen molar-refractivity contribution in [2.24, 2.45) is 0 Å². The highest BCUT2D eigenvalue weighted by atomic mass is 35.5. The zero-order chi connectivity index (χ0) is 21.3. The van der Waals surface area contributed by atoms with E-state index in [9.17, 15) is 14.4 Å². The molecule has 30 heavy (non-hydrogen) atoms. The summed E-state index contributed by atoms with van der Waals surface area (Å²) in [5, 5.41) is 12.3. The number of carbonyl (C=O) groups is 3. The number of hydrogen-bond donors (Lipinski definition) is 1. The van der Waals surface area contributed by atoms with Crippen molar-refractivity contribution in [3.8, 4) is 10.6 Å². The first-order chi connectivity index (χ1) is 14.4. The molecule has 4 rings (SSSR count). The summed E-state index contributed by atoms with van der Waals surface area (Å²) < 4.78 is 0. The van der Waals surface area contributed by atoms with Crippen molar-refractivity contribution >= 4 is 45.8 Å². The summed E-state index contributed by atoms with van der Waals surface area (Å²) in [5.74, 6) is -0.888. The normalized spacial score (nSPS) is 12.9. The van der Waals surface area contributed by atoms with Crippen molar-refractivity contribution in [2.45, 2.75) is 19.8 Å². The Morgan fingerprint density at radius 1 is 1.07 bits per heavy atom. The van der Waals surface area contributed by atoms with Gasteiger partial charge in [0, 0.05) is 18.5 Å². The van der Waals surface area contributed by atoms with Crippen molar-refractivity contribution in [1.29, 1.82) is 0 Å². The van der Waals surface area contributed by atoms with Gasteiger partial charge in [0.2, 0.25) is 11.0 Å². The van der Waals surface area contributed by atoms with Crippen molar-refractivity contribution in [1.82, 2.24) is 15.1 Å². The molecule has 0 atom stereocenters. The van der Waals surface area contributed by atoms with E-state index >= 15 is 0 Å². The third-order valence-corrected chi connectivity index (χ3v) is 5.89. The molecule has 3 aromatic rings. The van der Waals surface area contributed by atoms with E-state index in [1.54, 1.807) is 24.3 Å². The van der Waals surface area contributed by atoms with Gasteiger partial charge in [-0.2, -0.15) is 0 Å². The fourth-order valence-corrected chi connectivity index (χ4v) is 4.28. The highest BCUT2D eigenvalue weighted by Crippen LogP contribution is 2.31. The summed E-state index contributed by atoms with van der Waals surface area (Å²) in [4.78, 5) is 38.3. The van der Waals surface area contributed by atoms with Gasteiger partial charge in [-0.25, -0.2) is 0 Å². The van der Waals surface area contributed by atoms with Crippen LogP contribution < -0.4 is 5.32 Å². The lowest BCUT2D eigenvalue weighted by Gasteiger charge is -2.13. The smallest absolute Gasteiger partial charge is 0.261 e. The molecule has 9 heteroatoms. The molecule has 3 amide bonds. The topological polar surface area (TPSA) is 92.3 Å². The summed E-state index contributed by atoms with van der Waals surface area (Å²) in [6.45, 7) is 2.05. The number of nitrogens with one attached hydrogen (secondary N) is 1. The Balaban J connectivity index is 1.32. The largest absolute Gasteiger partial charge is 0.301 e. The van der Waals surface area contributed by atoms with Gasteiger partial charge in [0.05, 0.1) is 16.1 Å². The SMILES string of the molecule is Cc1ccc2c(c1)C(=O)N(CCCC(=O)Nc1nnc(-c3ccccc3Cl)s1)C2=O. The Labute approximate surface area is 181 Å². The van der Waals surface area contributed by atoms with Crippen molar-refractivity contribution in [3.05, 3.63) is 64.2 Å². The summed E-state index contributed by atoms with van der Waals surface area (Å²) in [6, 6.07) is 12.5. The second kappa shape index (κ2) is 8.33. The Hall–Kier alpha value is -3.10. The van der Waals surface area contributed by atoms with Gasteiger partial charge in [-0.05, 0) is 31.5 Å². The summed E-state index contributed by atoms with van der Waals surface area (Å²) in [5.41, 5.74) is 2.50. The highest BCUT2D eigenvalue weighted by molar-refractivity contribution is 7.18. The van der Waals surface area contributed by atoms with Crippen LogP contribution in [0.2, 0.25) is 5.02 Å². The third kappa shape index (κ3) is 3.96. The van der Waals surface area contributed by atoms with Crippen molar-refractivity contribution in [3.63, 3.8) is 0 Å². The zero-order valence-corrected chi connectivity index (χ0v) is 17.6. The lowest BCUT2D eigenvalue weighted by molar-refractivity contribution is -0.116. The molecule has 0 spiro atoms. The maximum Gasteiger partial charge on any atom is 0.261 e. The average molecular weight is 441 g/mol. The van der Waals surface area contributed by atoms with Crippen LogP contribution in [-0.4, -0.2) is 39.4 Å². The Morgan fingerprint density at radius 2 is 1.83 bits per heavy atom. The van der Waals surface area contributed by atoms with Gasteiger partial charge in [0.1, 0.15) is 0 Å². The number of aryl methyl sites for hydroxylation is 1. The molecule has 1 aliphatic rings. The Morgan fingerprint density at radius 3 is 2.63 bits per heavy atom. The minimum absolute atomic E-state index is 0.146. The highest BCUT2D eigenvalue weighted by Gasteiger charge is 2.34. The number of imide groups is 1. The molecule has 0 bridgehead atoms. The van der Waals surface area contributed by atoms with Crippen LogP contribution in [0.5, 0.6) is 0 Å². The standard InChI is InChI=1S/C21H17ClN4O3S/c1-12-8-9-13-15(11-12)20(29)26(19(13)28)10-4-7-17(27)23-21-25-24-18(30-21)14-5-2-3-6-16(14)22/h2-3,5-6,8-9,11H,4,7,10H2,1H3,(H,23,25,27). The van der Waals surface area contributed by atoms with Gasteiger partial charge in [0.25, 0.3) is 11.8 Å². The molecule has 0 radical (unpaired) electrons. The number of aromatic nitrogens is 2. The maximum atomic E-state index is 12.5. The van der Waals surface area contributed by atoms with Gasteiger partial charge in [-0.15, -0.1) is 10.2 Å². The second-order valence-electron chi connectivity index (χ2n) is 6.85. The number of fused-ring (bicyclic) bond motifs is 1. The Bertz CT molecular complexity index is 1160. The van der Waals surface area contributed by atoms with E-state index in [0.717, 1.165) is 11.1 Å². The van der Waals surface area contributed by atoms with Gasteiger partial charge < -0.3 is 5.32 Å². The lowest BCUT2D eigenvalue weighted by atomic mass is 10.1. The number of benzene rings is 2. The predicted octanol–water partition coefficient (Wildman–Crippen LogP) is 4.18. The molecular formula is C21H17ClN4O3S. The van der Waals surface area contributed by atoms with Crippen LogP contribution in [0.15, 0.2) is 42.5 Å². The van der Waals surface area contributed by atoms with Gasteiger partial charge in [-0.3, -0.25) is 19.3 Å². The van der Waals surface area contributed by atoms with Crippen LogP contribution in [0.25, 0.3) is 10.6 Å². The van der Waals surface area contributed by atoms with E-state index in [4.69, 9.17) is 11.6 Å². The molecule has 0 saturated heterocycles. The average Bonchev–Trinajstić information content (AvgIpc) is 3.26. The molecule has 0 aliphatic carbocycles. The van der Waals surface area contributed by atoms with Crippen LogP contribution in [0.1, 0.15) is 39.1 Å². The number of rotatable bonds is 6. The fraction of sp³-hybridized carbons (Fsp3) is 0.190. The quantitative estimate of drug-likeness (QED) is 0.580. The van der Waals surface area contributed by atoms with Crippen LogP contribution in [0.3, 0.4) is 0 Å². The van der Waals surface area contributed by atoms with E-state index in [-0.39, 0.29) is 30.7 Å². The second-order valence-corrected chi connectivity index (χ2v) is 8.24. The van der Waals surface area contributed by atoms with Crippen molar-refractivity contribution in [2.75, 3.05) is 11.9 Å². The lowest BCUT2D eigenvalue weighted by Crippen LogP contribution is -2.31. The number of amides is 3. The molecule has 7 nitrogen and oxygen atoms in total. The fourth-order valence-electron chi connectivity index (χ4n) is 3.20. The third-order valence-electron chi connectivity index (χ3n) is 4.69. The first-order valence-electron chi connectivity index (χ1n) is 9.29.